The van der Waals surface area contributed by atoms with E-state index in [-0.39, 0.29) is 25.4 Å². The number of primary amides is 1. The fraction of sp³-hybridized carbons (Fsp3) is 0.429. The molecule has 10 heteroatoms. The van der Waals surface area contributed by atoms with Crippen LogP contribution in [0.3, 0.4) is 0 Å². The van der Waals surface area contributed by atoms with Gasteiger partial charge in [-0.15, -0.1) is 0 Å². The fourth-order valence-electron chi connectivity index (χ4n) is 3.76. The lowest BCUT2D eigenvalue weighted by Gasteiger charge is -2.26. The second-order valence-corrected chi connectivity index (χ2v) is 9.53. The lowest BCUT2D eigenvalue weighted by atomic mass is 9.97. The molecule has 38 heavy (non-hydrogen) atoms. The number of alkyl carbamates (subject to hydrolysis) is 1. The molecule has 0 fully saturated rings. The maximum absolute atomic E-state index is 12.9. The Morgan fingerprint density at radius 1 is 0.868 bits per heavy atom. The molecule has 0 bridgehead atoms. The van der Waals surface area contributed by atoms with Gasteiger partial charge in [0.05, 0.1) is 12.1 Å². The molecule has 6 N–H and O–H groups in total. The number of hydrogen-bond acceptors (Lipinski definition) is 6. The average Bonchev–Trinajstić information content (AvgIpc) is 2.89. The van der Waals surface area contributed by atoms with Crippen LogP contribution in [0.1, 0.15) is 44.7 Å². The topological polar surface area (TPSA) is 160 Å². The molecule has 2 rings (SSSR count). The number of nitrogens with one attached hydrogen (secondary N) is 3. The quantitative estimate of drug-likeness (QED) is 0.252. The number of carbonyl (C=O) groups is 4. The van der Waals surface area contributed by atoms with E-state index in [0.29, 0.717) is 6.42 Å². The minimum absolute atomic E-state index is 0.0358. The Labute approximate surface area is 223 Å². The van der Waals surface area contributed by atoms with Crippen molar-refractivity contribution in [3.63, 3.8) is 0 Å². The molecule has 2 aromatic rings. The number of carbonyl (C=O) groups excluding carboxylic acids is 4. The predicted octanol–water partition coefficient (Wildman–Crippen LogP) is 1.80. The summed E-state index contributed by atoms with van der Waals surface area (Å²) < 4.78 is 5.17. The van der Waals surface area contributed by atoms with Crippen LogP contribution in [0.4, 0.5) is 4.79 Å². The maximum Gasteiger partial charge on any atom is 0.408 e. The van der Waals surface area contributed by atoms with Gasteiger partial charge in [-0.2, -0.15) is 0 Å². The Hall–Kier alpha value is -3.92. The van der Waals surface area contributed by atoms with Crippen molar-refractivity contribution in [3.05, 3.63) is 71.8 Å². The molecule has 4 atom stereocenters. The third-order valence-electron chi connectivity index (χ3n) is 5.99. The Balaban J connectivity index is 1.96. The summed E-state index contributed by atoms with van der Waals surface area (Å²) in [5.41, 5.74) is 7.04. The van der Waals surface area contributed by atoms with Crippen LogP contribution in [0.15, 0.2) is 60.7 Å². The molecule has 0 aliphatic heterocycles. The first-order valence-corrected chi connectivity index (χ1v) is 12.6. The van der Waals surface area contributed by atoms with Gasteiger partial charge in [0.25, 0.3) is 0 Å². The molecular weight excluding hydrogens is 488 g/mol. The minimum atomic E-state index is -1.08. The lowest BCUT2D eigenvalue weighted by Crippen LogP contribution is -2.52. The summed E-state index contributed by atoms with van der Waals surface area (Å²) in [6, 6.07) is 15.9. The summed E-state index contributed by atoms with van der Waals surface area (Å²) in [7, 11) is 0. The van der Waals surface area contributed by atoms with Gasteiger partial charge in [-0.1, -0.05) is 74.5 Å². The Morgan fingerprint density at radius 2 is 1.45 bits per heavy atom. The minimum Gasteiger partial charge on any atom is -0.445 e. The maximum atomic E-state index is 12.9. The molecule has 206 valence electrons. The molecular formula is C28H38N4O6. The van der Waals surface area contributed by atoms with Crippen LogP contribution in [-0.4, -0.2) is 53.2 Å². The highest BCUT2D eigenvalue weighted by molar-refractivity contribution is 5.87. The van der Waals surface area contributed by atoms with Gasteiger partial charge in [0.2, 0.25) is 17.7 Å². The first-order valence-electron chi connectivity index (χ1n) is 12.6. The first kappa shape index (κ1) is 30.3. The molecule has 4 amide bonds. The summed E-state index contributed by atoms with van der Waals surface area (Å²) in [6.07, 6.45) is -1.56. The van der Waals surface area contributed by atoms with Crippen molar-refractivity contribution in [3.8, 4) is 0 Å². The normalized spacial score (nSPS) is 14.0. The third kappa shape index (κ3) is 10.6. The van der Waals surface area contributed by atoms with Crippen molar-refractivity contribution in [1.29, 1.82) is 0 Å². The number of amides is 4. The van der Waals surface area contributed by atoms with Gasteiger partial charge in [0, 0.05) is 6.42 Å². The van der Waals surface area contributed by atoms with Gasteiger partial charge < -0.3 is 31.5 Å². The number of benzene rings is 2. The summed E-state index contributed by atoms with van der Waals surface area (Å²) >= 11 is 0. The highest BCUT2D eigenvalue weighted by atomic mass is 16.5. The summed E-state index contributed by atoms with van der Waals surface area (Å²) in [5.74, 6) is -1.76. The van der Waals surface area contributed by atoms with E-state index >= 15 is 0 Å². The van der Waals surface area contributed by atoms with Crippen LogP contribution in [0.25, 0.3) is 0 Å². The van der Waals surface area contributed by atoms with Crippen molar-refractivity contribution in [2.24, 2.45) is 11.7 Å². The molecule has 0 aliphatic rings. The lowest BCUT2D eigenvalue weighted by molar-refractivity contribution is -0.128. The van der Waals surface area contributed by atoms with Gasteiger partial charge in [-0.25, -0.2) is 4.79 Å². The van der Waals surface area contributed by atoms with Crippen molar-refractivity contribution >= 4 is 23.8 Å². The largest absolute Gasteiger partial charge is 0.445 e. The molecule has 2 aromatic carbocycles. The van der Waals surface area contributed by atoms with Crippen LogP contribution in [0, 0.1) is 5.92 Å². The number of nitrogens with two attached hydrogens (primary N) is 1. The monoisotopic (exact) mass is 526 g/mol. The Morgan fingerprint density at radius 3 is 2.00 bits per heavy atom. The van der Waals surface area contributed by atoms with E-state index in [9.17, 15) is 24.3 Å². The molecule has 0 radical (unpaired) electrons. The van der Waals surface area contributed by atoms with E-state index in [1.807, 2.05) is 60.7 Å². The van der Waals surface area contributed by atoms with E-state index in [1.165, 1.54) is 6.92 Å². The number of aliphatic hydroxyl groups excluding tert-OH is 1. The number of aliphatic hydroxyl groups is 1. The van der Waals surface area contributed by atoms with Crippen LogP contribution in [0.2, 0.25) is 0 Å². The molecule has 2 unspecified atom stereocenters. The van der Waals surface area contributed by atoms with Gasteiger partial charge in [0.1, 0.15) is 18.7 Å². The van der Waals surface area contributed by atoms with Crippen molar-refractivity contribution < 1.29 is 29.0 Å². The van der Waals surface area contributed by atoms with Gasteiger partial charge in [-0.05, 0) is 36.8 Å². The van der Waals surface area contributed by atoms with Crippen molar-refractivity contribution in [2.45, 2.75) is 70.9 Å². The highest BCUT2D eigenvalue weighted by Gasteiger charge is 2.27. The first-order chi connectivity index (χ1) is 18.1. The molecule has 0 saturated heterocycles. The molecule has 0 saturated carbocycles. The summed E-state index contributed by atoms with van der Waals surface area (Å²) in [6.45, 7) is 5.10. The molecule has 0 aromatic heterocycles. The van der Waals surface area contributed by atoms with E-state index < -0.39 is 48.0 Å². The molecule has 10 nitrogen and oxygen atoms in total. The SMILES string of the molecule is CC(C)[C@H](NC(=O)CCC(O)C(Cc1ccccc1)NC(=O)[C@H](C)NC(=O)OCc1ccccc1)C(N)=O. The Bertz CT molecular complexity index is 1050. The van der Waals surface area contributed by atoms with Crippen molar-refractivity contribution in [1.82, 2.24) is 16.0 Å². The predicted molar refractivity (Wildman–Crippen MR) is 143 cm³/mol. The second-order valence-electron chi connectivity index (χ2n) is 9.53. The zero-order valence-corrected chi connectivity index (χ0v) is 22.1. The molecule has 0 spiro atoms. The Kier molecular flexibility index (Phi) is 12.2. The third-order valence-corrected chi connectivity index (χ3v) is 5.99. The standard InChI is InChI=1S/C28H38N4O6/c1-18(2)25(26(29)35)32-24(34)15-14-23(33)22(16-20-10-6-4-7-11-20)31-27(36)19(3)30-28(37)38-17-21-12-8-5-9-13-21/h4-13,18-19,22-23,25,33H,14-17H2,1-3H3,(H2,29,35)(H,30,37)(H,31,36)(H,32,34)/t19-,22?,23?,25-/m0/s1. The summed E-state index contributed by atoms with van der Waals surface area (Å²) in [4.78, 5) is 49.0. The van der Waals surface area contributed by atoms with E-state index in [0.717, 1.165) is 11.1 Å². The van der Waals surface area contributed by atoms with Crippen LogP contribution >= 0.6 is 0 Å². The van der Waals surface area contributed by atoms with Crippen LogP contribution in [0.5, 0.6) is 0 Å². The smallest absolute Gasteiger partial charge is 0.408 e. The zero-order chi connectivity index (χ0) is 28.1. The molecule has 0 heterocycles. The van der Waals surface area contributed by atoms with E-state index in [2.05, 4.69) is 16.0 Å². The summed E-state index contributed by atoms with van der Waals surface area (Å²) in [5, 5.41) is 18.8. The fourth-order valence-corrected chi connectivity index (χ4v) is 3.76. The zero-order valence-electron chi connectivity index (χ0n) is 22.1. The van der Waals surface area contributed by atoms with E-state index in [4.69, 9.17) is 10.5 Å². The van der Waals surface area contributed by atoms with Gasteiger partial charge >= 0.3 is 6.09 Å². The molecule has 0 aliphatic carbocycles. The van der Waals surface area contributed by atoms with Crippen LogP contribution < -0.4 is 21.7 Å². The van der Waals surface area contributed by atoms with Gasteiger partial charge in [0.15, 0.2) is 0 Å². The number of ether oxygens (including phenoxy) is 1. The van der Waals surface area contributed by atoms with Crippen molar-refractivity contribution in [2.75, 3.05) is 0 Å². The van der Waals surface area contributed by atoms with Gasteiger partial charge in [-0.3, -0.25) is 14.4 Å². The van der Waals surface area contributed by atoms with Crippen LogP contribution in [-0.2, 0) is 32.1 Å². The second kappa shape index (κ2) is 15.4. The highest BCUT2D eigenvalue weighted by Crippen LogP contribution is 2.12. The average molecular weight is 527 g/mol. The van der Waals surface area contributed by atoms with E-state index in [1.54, 1.807) is 13.8 Å². The number of hydrogen-bond donors (Lipinski definition) is 5. The number of rotatable bonds is 14.